The van der Waals surface area contributed by atoms with Crippen molar-refractivity contribution in [3.05, 3.63) is 22.7 Å². The van der Waals surface area contributed by atoms with Crippen molar-refractivity contribution in [1.29, 1.82) is 0 Å². The van der Waals surface area contributed by atoms with Crippen molar-refractivity contribution in [2.45, 2.75) is 25.8 Å². The van der Waals surface area contributed by atoms with Gasteiger partial charge in [0.25, 0.3) is 0 Å². The first-order valence-electron chi connectivity index (χ1n) is 5.51. The topological polar surface area (TPSA) is 58.6 Å². The minimum absolute atomic E-state index is 0.0979. The highest BCUT2D eigenvalue weighted by atomic mass is 35.5. The summed E-state index contributed by atoms with van der Waals surface area (Å²) in [6, 6.07) is 3.20. The molecular formula is C12H15Cl2NO3. The summed E-state index contributed by atoms with van der Waals surface area (Å²) < 4.78 is 5.24. The normalized spacial score (nSPS) is 12.0. The van der Waals surface area contributed by atoms with Gasteiger partial charge in [-0.3, -0.25) is 4.79 Å². The van der Waals surface area contributed by atoms with Gasteiger partial charge in [-0.25, -0.2) is 0 Å². The number of amides is 1. The number of ether oxygens (including phenoxy) is 1. The second kappa shape index (κ2) is 6.71. The monoisotopic (exact) mass is 291 g/mol. The minimum atomic E-state index is -0.594. The summed E-state index contributed by atoms with van der Waals surface area (Å²) in [6.07, 6.45) is 0. The molecule has 4 nitrogen and oxygen atoms in total. The van der Waals surface area contributed by atoms with E-state index in [1.807, 2.05) is 0 Å². The van der Waals surface area contributed by atoms with Gasteiger partial charge < -0.3 is 15.2 Å². The van der Waals surface area contributed by atoms with Gasteiger partial charge in [0.05, 0.1) is 11.6 Å². The van der Waals surface area contributed by atoms with E-state index in [4.69, 9.17) is 27.9 Å². The van der Waals surface area contributed by atoms with Crippen molar-refractivity contribution in [2.75, 3.05) is 6.61 Å². The molecule has 6 heteroatoms. The Hall–Kier alpha value is -1.13. The lowest BCUT2D eigenvalue weighted by molar-refractivity contribution is -0.120. The second-order valence-corrected chi connectivity index (χ2v) is 4.75. The zero-order valence-electron chi connectivity index (χ0n) is 10.2. The van der Waals surface area contributed by atoms with Crippen molar-refractivity contribution in [3.63, 3.8) is 0 Å². The fourth-order valence-corrected chi connectivity index (χ4v) is 1.64. The Morgan fingerprint density at radius 3 is 2.78 bits per heavy atom. The SMILES string of the molecule is CCOc1cc(CNC(=O)C(C)Cl)cc(Cl)c1O. The number of hydrogen-bond donors (Lipinski definition) is 2. The molecule has 1 aromatic carbocycles. The van der Waals surface area contributed by atoms with E-state index < -0.39 is 5.38 Å². The summed E-state index contributed by atoms with van der Waals surface area (Å²) in [7, 11) is 0. The van der Waals surface area contributed by atoms with Crippen LogP contribution in [0.2, 0.25) is 5.02 Å². The van der Waals surface area contributed by atoms with Gasteiger partial charge in [-0.2, -0.15) is 0 Å². The van der Waals surface area contributed by atoms with Crippen LogP contribution in [0.25, 0.3) is 0 Å². The van der Waals surface area contributed by atoms with Gasteiger partial charge in [0.2, 0.25) is 5.91 Å². The van der Waals surface area contributed by atoms with E-state index in [1.54, 1.807) is 26.0 Å². The van der Waals surface area contributed by atoms with E-state index in [-0.39, 0.29) is 23.2 Å². The molecule has 18 heavy (non-hydrogen) atoms. The van der Waals surface area contributed by atoms with Gasteiger partial charge in [0.15, 0.2) is 11.5 Å². The van der Waals surface area contributed by atoms with Crippen molar-refractivity contribution < 1.29 is 14.6 Å². The molecule has 0 aliphatic rings. The van der Waals surface area contributed by atoms with Gasteiger partial charge >= 0.3 is 0 Å². The number of carbonyl (C=O) groups is 1. The number of phenolic OH excluding ortho intramolecular Hbond substituents is 1. The molecule has 0 aliphatic carbocycles. The number of nitrogens with one attached hydrogen (secondary N) is 1. The molecule has 0 heterocycles. The molecule has 2 N–H and O–H groups in total. The second-order valence-electron chi connectivity index (χ2n) is 3.69. The van der Waals surface area contributed by atoms with Gasteiger partial charge in [-0.1, -0.05) is 11.6 Å². The van der Waals surface area contributed by atoms with Crippen LogP contribution in [-0.2, 0) is 11.3 Å². The van der Waals surface area contributed by atoms with Gasteiger partial charge in [-0.15, -0.1) is 11.6 Å². The van der Waals surface area contributed by atoms with Crippen LogP contribution >= 0.6 is 23.2 Å². The molecule has 1 amide bonds. The van der Waals surface area contributed by atoms with Crippen molar-refractivity contribution in [3.8, 4) is 11.5 Å². The largest absolute Gasteiger partial charge is 0.503 e. The van der Waals surface area contributed by atoms with E-state index in [0.717, 1.165) is 5.56 Å². The van der Waals surface area contributed by atoms with Gasteiger partial charge in [0, 0.05) is 6.54 Å². The van der Waals surface area contributed by atoms with E-state index in [2.05, 4.69) is 5.32 Å². The average molecular weight is 292 g/mol. The van der Waals surface area contributed by atoms with Crippen LogP contribution in [-0.4, -0.2) is 23.0 Å². The lowest BCUT2D eigenvalue weighted by Crippen LogP contribution is -2.29. The molecule has 0 aliphatic heterocycles. The van der Waals surface area contributed by atoms with Crippen molar-refractivity contribution in [1.82, 2.24) is 5.32 Å². The Labute approximate surface area is 116 Å². The third kappa shape index (κ3) is 3.96. The summed E-state index contributed by atoms with van der Waals surface area (Å²) >= 11 is 11.5. The zero-order valence-corrected chi connectivity index (χ0v) is 11.7. The Balaban J connectivity index is 2.80. The summed E-state index contributed by atoms with van der Waals surface area (Å²) in [6.45, 7) is 4.08. The number of rotatable bonds is 5. The van der Waals surface area contributed by atoms with Crippen LogP contribution in [0.4, 0.5) is 0 Å². The molecule has 0 saturated carbocycles. The lowest BCUT2D eigenvalue weighted by atomic mass is 10.2. The molecule has 0 aromatic heterocycles. The number of carbonyl (C=O) groups excluding carboxylic acids is 1. The summed E-state index contributed by atoms with van der Waals surface area (Å²) in [4.78, 5) is 11.3. The first-order valence-corrected chi connectivity index (χ1v) is 6.33. The highest BCUT2D eigenvalue weighted by Crippen LogP contribution is 2.35. The van der Waals surface area contributed by atoms with E-state index >= 15 is 0 Å². The maximum Gasteiger partial charge on any atom is 0.238 e. The predicted octanol–water partition coefficient (Wildman–Crippen LogP) is 2.69. The van der Waals surface area contributed by atoms with Gasteiger partial charge in [0.1, 0.15) is 5.38 Å². The maximum atomic E-state index is 11.3. The molecule has 1 aromatic rings. The lowest BCUT2D eigenvalue weighted by Gasteiger charge is -2.11. The summed E-state index contributed by atoms with van der Waals surface area (Å²) in [5.41, 5.74) is 0.729. The van der Waals surface area contributed by atoms with Crippen LogP contribution in [0.5, 0.6) is 11.5 Å². The number of hydrogen-bond acceptors (Lipinski definition) is 3. The van der Waals surface area contributed by atoms with Crippen molar-refractivity contribution >= 4 is 29.1 Å². The van der Waals surface area contributed by atoms with Crippen LogP contribution in [0.15, 0.2) is 12.1 Å². The number of benzene rings is 1. The fraction of sp³-hybridized carbons (Fsp3) is 0.417. The summed E-state index contributed by atoms with van der Waals surface area (Å²) in [5, 5.41) is 11.9. The Kier molecular flexibility index (Phi) is 5.56. The molecule has 1 rings (SSSR count). The van der Waals surface area contributed by atoms with Gasteiger partial charge in [-0.05, 0) is 31.5 Å². The first kappa shape index (κ1) is 14.9. The number of alkyl halides is 1. The summed E-state index contributed by atoms with van der Waals surface area (Å²) in [5.74, 6) is -0.0636. The fourth-order valence-electron chi connectivity index (χ4n) is 1.32. The minimum Gasteiger partial charge on any atom is -0.503 e. The Morgan fingerprint density at radius 1 is 1.56 bits per heavy atom. The molecule has 0 radical (unpaired) electrons. The smallest absolute Gasteiger partial charge is 0.238 e. The van der Waals surface area contributed by atoms with E-state index in [9.17, 15) is 9.90 Å². The Bertz CT molecular complexity index is 436. The quantitative estimate of drug-likeness (QED) is 0.820. The third-order valence-electron chi connectivity index (χ3n) is 2.22. The zero-order chi connectivity index (χ0) is 13.7. The average Bonchev–Trinajstić information content (AvgIpc) is 2.32. The molecule has 0 fully saturated rings. The molecule has 100 valence electrons. The predicted molar refractivity (Wildman–Crippen MR) is 71.4 cm³/mol. The molecule has 1 atom stereocenters. The van der Waals surface area contributed by atoms with Crippen LogP contribution in [0, 0.1) is 0 Å². The maximum absolute atomic E-state index is 11.3. The van der Waals surface area contributed by atoms with Crippen LogP contribution in [0.1, 0.15) is 19.4 Å². The van der Waals surface area contributed by atoms with E-state index in [1.165, 1.54) is 0 Å². The van der Waals surface area contributed by atoms with Crippen LogP contribution < -0.4 is 10.1 Å². The number of phenols is 1. The molecule has 0 saturated heterocycles. The molecule has 0 spiro atoms. The highest BCUT2D eigenvalue weighted by molar-refractivity contribution is 6.32. The number of aromatic hydroxyl groups is 1. The standard InChI is InChI=1S/C12H15Cl2NO3/c1-3-18-10-5-8(4-9(14)11(10)16)6-15-12(17)7(2)13/h4-5,7,16H,3,6H2,1-2H3,(H,15,17). The van der Waals surface area contributed by atoms with E-state index in [0.29, 0.717) is 12.4 Å². The number of halogens is 2. The van der Waals surface area contributed by atoms with Crippen LogP contribution in [0.3, 0.4) is 0 Å². The van der Waals surface area contributed by atoms with Crippen molar-refractivity contribution in [2.24, 2.45) is 0 Å². The third-order valence-corrected chi connectivity index (χ3v) is 2.70. The highest BCUT2D eigenvalue weighted by Gasteiger charge is 2.12. The molecular weight excluding hydrogens is 277 g/mol. The molecule has 0 bridgehead atoms. The first-order chi connectivity index (χ1) is 8.45. The molecule has 1 unspecified atom stereocenters. The Morgan fingerprint density at radius 2 is 2.22 bits per heavy atom.